The molecule has 0 atom stereocenters. The van der Waals surface area contributed by atoms with Gasteiger partial charge in [-0.1, -0.05) is 12.1 Å². The number of hydrogen-bond donors (Lipinski definition) is 2. The van der Waals surface area contributed by atoms with Crippen molar-refractivity contribution in [2.24, 2.45) is 0 Å². The van der Waals surface area contributed by atoms with E-state index in [4.69, 9.17) is 4.74 Å². The van der Waals surface area contributed by atoms with Crippen LogP contribution in [0.4, 0.5) is 10.2 Å². The fourth-order valence-corrected chi connectivity index (χ4v) is 3.68. The Morgan fingerprint density at radius 3 is 2.50 bits per heavy atom. The molecule has 11 nitrogen and oxygen atoms in total. The van der Waals surface area contributed by atoms with Crippen LogP contribution in [-0.4, -0.2) is 48.5 Å². The molecule has 0 unspecified atom stereocenters. The predicted molar refractivity (Wildman–Crippen MR) is 127 cm³/mol. The highest BCUT2D eigenvalue weighted by atomic mass is 19.1. The maximum Gasteiger partial charge on any atom is 0.338 e. The minimum absolute atomic E-state index is 0.0148. The first-order valence-electron chi connectivity index (χ1n) is 10.7. The molecule has 0 bridgehead atoms. The van der Waals surface area contributed by atoms with Gasteiger partial charge in [-0.25, -0.2) is 13.9 Å². The third-order valence-electron chi connectivity index (χ3n) is 5.35. The summed E-state index contributed by atoms with van der Waals surface area (Å²) in [6, 6.07) is 13.3. The number of rotatable bonds is 5. The van der Waals surface area contributed by atoms with Crippen LogP contribution in [-0.2, 0) is 4.74 Å². The SMILES string of the molecule is COC(=O)c1ccccc1C(=O)Nc1cc(C)nn1-c1nc2c(cnn2-c2ccc(F)cc2)c(=O)[nH]1. The minimum atomic E-state index is -0.657. The Hall–Kier alpha value is -5.13. The van der Waals surface area contributed by atoms with Gasteiger partial charge in [-0.3, -0.25) is 14.6 Å². The van der Waals surface area contributed by atoms with Crippen LogP contribution in [0.1, 0.15) is 26.4 Å². The fraction of sp³-hybridized carbons (Fsp3) is 0.0833. The number of H-pyrrole nitrogens is 1. The first kappa shape index (κ1) is 22.7. The van der Waals surface area contributed by atoms with Crippen LogP contribution in [0.5, 0.6) is 0 Å². The van der Waals surface area contributed by atoms with Crippen LogP contribution in [0, 0.1) is 12.7 Å². The molecule has 36 heavy (non-hydrogen) atoms. The van der Waals surface area contributed by atoms with E-state index in [1.807, 2.05) is 0 Å². The van der Waals surface area contributed by atoms with E-state index in [1.165, 1.54) is 59.1 Å². The lowest BCUT2D eigenvalue weighted by molar-refractivity contribution is 0.0597. The van der Waals surface area contributed by atoms with E-state index in [1.54, 1.807) is 25.1 Å². The number of nitrogens with zero attached hydrogens (tertiary/aromatic N) is 5. The number of aromatic nitrogens is 6. The zero-order chi connectivity index (χ0) is 25.4. The lowest BCUT2D eigenvalue weighted by atomic mass is 10.1. The molecule has 5 rings (SSSR count). The average Bonchev–Trinajstić information content (AvgIpc) is 3.47. The number of nitrogens with one attached hydrogen (secondary N) is 2. The molecule has 12 heteroatoms. The number of hydrogen-bond acceptors (Lipinski definition) is 7. The monoisotopic (exact) mass is 487 g/mol. The van der Waals surface area contributed by atoms with Gasteiger partial charge in [0.25, 0.3) is 11.5 Å². The number of carbonyl (C=O) groups excluding carboxylic acids is 2. The first-order chi connectivity index (χ1) is 17.4. The third kappa shape index (κ3) is 4.00. The first-order valence-corrected chi connectivity index (χ1v) is 10.7. The molecule has 2 N–H and O–H groups in total. The number of aryl methyl sites for hydroxylation is 1. The number of ether oxygens (including phenoxy) is 1. The van der Waals surface area contributed by atoms with Gasteiger partial charge in [0.2, 0.25) is 5.95 Å². The molecule has 0 spiro atoms. The number of anilines is 1. The van der Waals surface area contributed by atoms with E-state index in [-0.39, 0.29) is 33.9 Å². The second-order valence-electron chi connectivity index (χ2n) is 7.73. The van der Waals surface area contributed by atoms with Gasteiger partial charge in [0.1, 0.15) is 17.0 Å². The van der Waals surface area contributed by atoms with Crippen molar-refractivity contribution >= 4 is 28.7 Å². The van der Waals surface area contributed by atoms with Gasteiger partial charge in [0.05, 0.1) is 35.8 Å². The van der Waals surface area contributed by atoms with Crippen LogP contribution >= 0.6 is 0 Å². The van der Waals surface area contributed by atoms with E-state index in [2.05, 4.69) is 25.5 Å². The Kier molecular flexibility index (Phi) is 5.60. The molecule has 3 heterocycles. The van der Waals surface area contributed by atoms with Gasteiger partial charge in [-0.15, -0.1) is 0 Å². The number of methoxy groups -OCH3 is 1. The molecule has 0 aliphatic heterocycles. The summed E-state index contributed by atoms with van der Waals surface area (Å²) in [5.74, 6) is -1.44. The number of benzene rings is 2. The van der Waals surface area contributed by atoms with Crippen LogP contribution in [0.3, 0.4) is 0 Å². The maximum absolute atomic E-state index is 13.4. The summed E-state index contributed by atoms with van der Waals surface area (Å²) in [7, 11) is 1.23. The minimum Gasteiger partial charge on any atom is -0.465 e. The van der Waals surface area contributed by atoms with Crippen LogP contribution in [0.2, 0.25) is 0 Å². The van der Waals surface area contributed by atoms with Crippen LogP contribution in [0.15, 0.2) is 65.6 Å². The number of halogens is 1. The summed E-state index contributed by atoms with van der Waals surface area (Å²) < 4.78 is 20.8. The van der Waals surface area contributed by atoms with Crippen LogP contribution < -0.4 is 10.9 Å². The largest absolute Gasteiger partial charge is 0.465 e. The standard InChI is InChI=1S/C24H18FN7O4/c1-13-11-19(27-21(33)16-5-3-4-6-17(16)23(35)36-2)32(30-13)24-28-20-18(22(34)29-24)12-26-31(20)15-9-7-14(25)8-10-15/h3-12H,1-2H3,(H,27,33)(H,28,29,34). The highest BCUT2D eigenvalue weighted by molar-refractivity contribution is 6.10. The highest BCUT2D eigenvalue weighted by Crippen LogP contribution is 2.20. The lowest BCUT2D eigenvalue weighted by Gasteiger charge is -2.10. The number of carbonyl (C=O) groups is 2. The highest BCUT2D eigenvalue weighted by Gasteiger charge is 2.21. The molecule has 0 saturated carbocycles. The fourth-order valence-electron chi connectivity index (χ4n) is 3.68. The maximum atomic E-state index is 13.4. The van der Waals surface area contributed by atoms with E-state index in [0.29, 0.717) is 11.4 Å². The van der Waals surface area contributed by atoms with E-state index in [0.717, 1.165) is 0 Å². The molecule has 2 aromatic carbocycles. The summed E-state index contributed by atoms with van der Waals surface area (Å²) in [4.78, 5) is 45.1. The number of fused-ring (bicyclic) bond motifs is 1. The van der Waals surface area contributed by atoms with Crippen molar-refractivity contribution < 1.29 is 18.7 Å². The summed E-state index contributed by atoms with van der Waals surface area (Å²) in [5, 5.41) is 11.5. The second kappa shape index (κ2) is 8.91. The van der Waals surface area contributed by atoms with E-state index < -0.39 is 23.3 Å². The van der Waals surface area contributed by atoms with Gasteiger partial charge in [-0.05, 0) is 43.3 Å². The quantitative estimate of drug-likeness (QED) is 0.364. The lowest BCUT2D eigenvalue weighted by Crippen LogP contribution is -2.21. The van der Waals surface area contributed by atoms with Gasteiger partial charge < -0.3 is 10.1 Å². The van der Waals surface area contributed by atoms with Crippen molar-refractivity contribution in [3.8, 4) is 11.6 Å². The Morgan fingerprint density at radius 2 is 1.78 bits per heavy atom. The molecule has 5 aromatic rings. The number of aromatic amines is 1. The third-order valence-corrected chi connectivity index (χ3v) is 5.35. The molecule has 0 fully saturated rings. The topological polar surface area (TPSA) is 137 Å². The predicted octanol–water partition coefficient (Wildman–Crippen LogP) is 2.78. The van der Waals surface area contributed by atoms with Gasteiger partial charge in [0, 0.05) is 6.07 Å². The number of amides is 1. The Morgan fingerprint density at radius 1 is 1.06 bits per heavy atom. The van der Waals surface area contributed by atoms with Gasteiger partial charge in [0.15, 0.2) is 5.65 Å². The summed E-state index contributed by atoms with van der Waals surface area (Å²) >= 11 is 0. The smallest absolute Gasteiger partial charge is 0.338 e. The zero-order valence-corrected chi connectivity index (χ0v) is 19.0. The molecule has 180 valence electrons. The summed E-state index contributed by atoms with van der Waals surface area (Å²) in [5.41, 5.74) is 0.950. The molecule has 1 amide bonds. The zero-order valence-electron chi connectivity index (χ0n) is 19.0. The summed E-state index contributed by atoms with van der Waals surface area (Å²) in [6.07, 6.45) is 1.36. The molecule has 0 radical (unpaired) electrons. The Labute approximate surface area is 202 Å². The Balaban J connectivity index is 1.57. The molecule has 0 saturated heterocycles. The molecule has 0 aliphatic rings. The molecule has 3 aromatic heterocycles. The van der Waals surface area contributed by atoms with Crippen molar-refractivity contribution in [2.75, 3.05) is 12.4 Å². The number of esters is 1. The van der Waals surface area contributed by atoms with Crippen molar-refractivity contribution in [2.45, 2.75) is 6.92 Å². The van der Waals surface area contributed by atoms with Crippen molar-refractivity contribution in [1.29, 1.82) is 0 Å². The Bertz CT molecular complexity index is 1690. The van der Waals surface area contributed by atoms with E-state index in [9.17, 15) is 18.8 Å². The van der Waals surface area contributed by atoms with Crippen molar-refractivity contribution in [1.82, 2.24) is 29.5 Å². The van der Waals surface area contributed by atoms with Gasteiger partial charge >= 0.3 is 5.97 Å². The van der Waals surface area contributed by atoms with Crippen LogP contribution in [0.25, 0.3) is 22.7 Å². The normalized spacial score (nSPS) is 11.0. The van der Waals surface area contributed by atoms with Crippen molar-refractivity contribution in [3.05, 3.63) is 93.8 Å². The average molecular weight is 487 g/mol. The molecular formula is C24H18FN7O4. The molecule has 0 aliphatic carbocycles. The van der Waals surface area contributed by atoms with E-state index >= 15 is 0 Å². The second-order valence-corrected chi connectivity index (χ2v) is 7.73. The summed E-state index contributed by atoms with van der Waals surface area (Å²) in [6.45, 7) is 1.70. The van der Waals surface area contributed by atoms with Crippen molar-refractivity contribution in [3.63, 3.8) is 0 Å². The molecular weight excluding hydrogens is 469 g/mol. The van der Waals surface area contributed by atoms with Gasteiger partial charge in [-0.2, -0.15) is 19.9 Å².